The summed E-state index contributed by atoms with van der Waals surface area (Å²) in [6, 6.07) is 0. The highest BCUT2D eigenvalue weighted by Gasteiger charge is 2.27. The number of carbonyl (C=O) groups is 2. The average molecular weight is 797 g/mol. The topological polar surface area (TPSA) is 149 Å². The Morgan fingerprint density at radius 3 is 1.55 bits per heavy atom. The zero-order chi connectivity index (χ0) is 40.5. The molecular weight excluding hydrogens is 719 g/mol. The monoisotopic (exact) mass is 797 g/mol. The van der Waals surface area contributed by atoms with E-state index in [1.54, 1.807) is 0 Å². The van der Waals surface area contributed by atoms with Crippen molar-refractivity contribution in [1.29, 1.82) is 0 Å². The van der Waals surface area contributed by atoms with Crippen molar-refractivity contribution in [2.24, 2.45) is 0 Å². The van der Waals surface area contributed by atoms with Crippen molar-refractivity contribution in [2.45, 2.75) is 180 Å². The third-order valence-electron chi connectivity index (χ3n) is 8.63. The molecule has 0 spiro atoms. The van der Waals surface area contributed by atoms with E-state index in [0.717, 1.165) is 64.2 Å². The fourth-order valence-corrected chi connectivity index (χ4v) is 6.12. The molecule has 0 aliphatic carbocycles. The Morgan fingerprint density at radius 1 is 0.545 bits per heavy atom. The van der Waals surface area contributed by atoms with Crippen molar-refractivity contribution < 1.29 is 47.8 Å². The van der Waals surface area contributed by atoms with Gasteiger partial charge in [-0.3, -0.25) is 18.6 Å². The lowest BCUT2D eigenvalue weighted by atomic mass is 10.1. The minimum Gasteiger partial charge on any atom is -0.462 e. The molecule has 0 saturated heterocycles. The molecule has 0 heterocycles. The minimum absolute atomic E-state index is 0.145. The summed E-state index contributed by atoms with van der Waals surface area (Å²) in [6.07, 6.45) is 43.3. The zero-order valence-electron chi connectivity index (χ0n) is 34.4. The summed E-state index contributed by atoms with van der Waals surface area (Å²) >= 11 is 0. The Bertz CT molecular complexity index is 1100. The molecule has 1 unspecified atom stereocenters. The third kappa shape index (κ3) is 39.7. The van der Waals surface area contributed by atoms with Crippen LogP contribution in [0, 0.1) is 0 Å². The first-order valence-corrected chi connectivity index (χ1v) is 22.7. The molecule has 55 heavy (non-hydrogen) atoms. The van der Waals surface area contributed by atoms with Gasteiger partial charge < -0.3 is 24.6 Å². The molecule has 0 aromatic rings. The average Bonchev–Trinajstić information content (AvgIpc) is 3.17. The van der Waals surface area contributed by atoms with Crippen molar-refractivity contribution in [2.75, 3.05) is 26.4 Å². The van der Waals surface area contributed by atoms with Gasteiger partial charge in [-0.2, -0.15) is 0 Å². The molecule has 0 aliphatic heterocycles. The Hall–Kier alpha value is -2.33. The number of rotatable bonds is 39. The van der Waals surface area contributed by atoms with E-state index in [9.17, 15) is 24.2 Å². The van der Waals surface area contributed by atoms with E-state index in [1.807, 2.05) is 0 Å². The summed E-state index contributed by atoms with van der Waals surface area (Å²) in [5, 5.41) is 18.3. The van der Waals surface area contributed by atoms with E-state index in [2.05, 4.69) is 79.1 Å². The van der Waals surface area contributed by atoms with Crippen molar-refractivity contribution in [3.63, 3.8) is 0 Å². The lowest BCUT2D eigenvalue weighted by molar-refractivity contribution is -0.161. The van der Waals surface area contributed by atoms with Crippen LogP contribution in [-0.2, 0) is 32.7 Å². The first kappa shape index (κ1) is 52.7. The maximum atomic E-state index is 12.6. The molecule has 0 saturated carbocycles. The first-order valence-electron chi connectivity index (χ1n) is 21.2. The standard InChI is InChI=1S/C44H77O10P/c1-3-5-7-9-11-13-15-17-19-20-22-23-25-27-29-31-33-35-43(47)51-39-42(40-53-55(49,50)52-38-41(46)37-45)54-44(48)36-34-32-30-28-26-24-21-18-16-14-12-10-8-6-4-2/h7,9,13,15,19-20,23,25-26,28,41-42,45-46H,3-6,8,10-12,14,16-18,21-22,24,27,29-40H2,1-2H3,(H,49,50)/b9-7+,15-13+,20-19+,25-23+,28-26+/t41-,42+/m0/s1. The predicted molar refractivity (Wildman–Crippen MR) is 224 cm³/mol. The summed E-state index contributed by atoms with van der Waals surface area (Å²) in [7, 11) is -4.63. The van der Waals surface area contributed by atoms with Gasteiger partial charge in [-0.15, -0.1) is 0 Å². The molecule has 3 atom stereocenters. The van der Waals surface area contributed by atoms with Gasteiger partial charge in [-0.05, 0) is 77.0 Å². The summed E-state index contributed by atoms with van der Waals surface area (Å²) in [6.45, 7) is 2.24. The second-order valence-electron chi connectivity index (χ2n) is 14.0. The van der Waals surface area contributed by atoms with Crippen LogP contribution in [0.4, 0.5) is 0 Å². The fourth-order valence-electron chi connectivity index (χ4n) is 5.33. The van der Waals surface area contributed by atoms with Crippen molar-refractivity contribution in [3.05, 3.63) is 60.8 Å². The Morgan fingerprint density at radius 2 is 0.982 bits per heavy atom. The van der Waals surface area contributed by atoms with E-state index in [-0.39, 0.29) is 19.4 Å². The molecule has 11 heteroatoms. The van der Waals surface area contributed by atoms with E-state index < -0.39 is 51.8 Å². The summed E-state index contributed by atoms with van der Waals surface area (Å²) < 4.78 is 32.6. The Kier molecular flexibility index (Phi) is 38.2. The van der Waals surface area contributed by atoms with E-state index in [1.165, 1.54) is 64.2 Å². The Labute approximate surface area is 334 Å². The van der Waals surface area contributed by atoms with Gasteiger partial charge in [0.15, 0.2) is 6.10 Å². The van der Waals surface area contributed by atoms with Crippen LogP contribution in [0.25, 0.3) is 0 Å². The summed E-state index contributed by atoms with van der Waals surface area (Å²) in [4.78, 5) is 34.9. The number of allylic oxidation sites excluding steroid dienone is 10. The highest BCUT2D eigenvalue weighted by atomic mass is 31.2. The molecule has 318 valence electrons. The Balaban J connectivity index is 4.41. The second kappa shape index (κ2) is 39.9. The predicted octanol–water partition coefficient (Wildman–Crippen LogP) is 11.1. The highest BCUT2D eigenvalue weighted by molar-refractivity contribution is 7.47. The fraction of sp³-hybridized carbons (Fsp3) is 0.727. The van der Waals surface area contributed by atoms with Gasteiger partial charge in [0.05, 0.1) is 19.8 Å². The van der Waals surface area contributed by atoms with Gasteiger partial charge in [0.2, 0.25) is 0 Å². The number of phosphoric acid groups is 1. The number of carbonyl (C=O) groups excluding carboxylic acids is 2. The van der Waals surface area contributed by atoms with E-state index in [0.29, 0.717) is 12.8 Å². The van der Waals surface area contributed by atoms with Crippen LogP contribution in [0.1, 0.15) is 168 Å². The summed E-state index contributed by atoms with van der Waals surface area (Å²) in [5.41, 5.74) is 0. The molecule has 10 nitrogen and oxygen atoms in total. The van der Waals surface area contributed by atoms with Gasteiger partial charge in [0.25, 0.3) is 0 Å². The maximum Gasteiger partial charge on any atom is 0.472 e. The maximum absolute atomic E-state index is 12.6. The number of hydrogen-bond donors (Lipinski definition) is 3. The SMILES string of the molecule is CCC/C=C/C/C=C/C/C=C/C/C=C/CCCCCC(=O)OC[C@H](COP(=O)(O)OC[C@@H](O)CO)OC(=O)CCCC/C=C/CCCCCCCCCCC. The number of aliphatic hydroxyl groups is 2. The summed E-state index contributed by atoms with van der Waals surface area (Å²) in [5.74, 6) is -0.990. The number of unbranched alkanes of at least 4 members (excludes halogenated alkanes) is 15. The number of phosphoric ester groups is 1. The molecule has 0 aromatic heterocycles. The van der Waals surface area contributed by atoms with Gasteiger partial charge in [0.1, 0.15) is 12.7 Å². The number of ether oxygens (including phenoxy) is 2. The quantitative estimate of drug-likeness (QED) is 0.0237. The largest absolute Gasteiger partial charge is 0.472 e. The number of esters is 2. The van der Waals surface area contributed by atoms with Gasteiger partial charge in [-0.25, -0.2) is 4.57 Å². The number of aliphatic hydroxyl groups excluding tert-OH is 2. The minimum atomic E-state index is -4.63. The van der Waals surface area contributed by atoms with E-state index in [4.69, 9.17) is 19.1 Å². The van der Waals surface area contributed by atoms with Crippen LogP contribution in [0.3, 0.4) is 0 Å². The highest BCUT2D eigenvalue weighted by Crippen LogP contribution is 2.43. The van der Waals surface area contributed by atoms with Crippen LogP contribution in [0.15, 0.2) is 60.8 Å². The molecule has 0 bridgehead atoms. The molecule has 0 amide bonds. The lowest BCUT2D eigenvalue weighted by Crippen LogP contribution is -2.29. The van der Waals surface area contributed by atoms with Gasteiger partial charge in [0, 0.05) is 12.8 Å². The van der Waals surface area contributed by atoms with Gasteiger partial charge in [-0.1, -0.05) is 139 Å². The van der Waals surface area contributed by atoms with Crippen LogP contribution in [0.2, 0.25) is 0 Å². The van der Waals surface area contributed by atoms with Crippen LogP contribution in [-0.4, -0.2) is 65.7 Å². The molecule has 0 aromatic carbocycles. The zero-order valence-corrected chi connectivity index (χ0v) is 35.3. The normalized spacial score (nSPS) is 14.5. The van der Waals surface area contributed by atoms with Crippen LogP contribution >= 0.6 is 7.82 Å². The molecule has 0 aliphatic rings. The van der Waals surface area contributed by atoms with Gasteiger partial charge >= 0.3 is 19.8 Å². The van der Waals surface area contributed by atoms with Crippen LogP contribution in [0.5, 0.6) is 0 Å². The molecular formula is C44H77O10P. The molecule has 0 fully saturated rings. The van der Waals surface area contributed by atoms with Crippen LogP contribution < -0.4 is 0 Å². The molecule has 3 N–H and O–H groups in total. The van der Waals surface area contributed by atoms with Crippen molar-refractivity contribution in [3.8, 4) is 0 Å². The molecule has 0 radical (unpaired) electrons. The van der Waals surface area contributed by atoms with Crippen molar-refractivity contribution in [1.82, 2.24) is 0 Å². The molecule has 0 rings (SSSR count). The smallest absolute Gasteiger partial charge is 0.462 e. The lowest BCUT2D eigenvalue weighted by Gasteiger charge is -2.20. The van der Waals surface area contributed by atoms with E-state index >= 15 is 0 Å². The number of hydrogen-bond acceptors (Lipinski definition) is 9. The first-order chi connectivity index (χ1) is 26.7. The third-order valence-corrected chi connectivity index (χ3v) is 9.58. The second-order valence-corrected chi connectivity index (χ2v) is 15.5. The van der Waals surface area contributed by atoms with Crippen molar-refractivity contribution >= 4 is 19.8 Å².